The molecule has 0 saturated heterocycles. The van der Waals surface area contributed by atoms with E-state index in [0.717, 1.165) is 38.7 Å². The van der Waals surface area contributed by atoms with E-state index >= 15 is 0 Å². The highest BCUT2D eigenvalue weighted by Crippen LogP contribution is 2.41. The average Bonchev–Trinajstić information content (AvgIpc) is 3.89. The van der Waals surface area contributed by atoms with Crippen LogP contribution < -0.4 is 0 Å². The first-order valence-corrected chi connectivity index (χ1v) is 18.8. The molecule has 0 aliphatic rings. The van der Waals surface area contributed by atoms with Crippen LogP contribution >= 0.6 is 0 Å². The van der Waals surface area contributed by atoms with Crippen LogP contribution in [0.1, 0.15) is 0 Å². The molecule has 3 heterocycles. The van der Waals surface area contributed by atoms with Gasteiger partial charge in [-0.3, -0.25) is 0 Å². The van der Waals surface area contributed by atoms with Crippen molar-refractivity contribution in [1.82, 2.24) is 9.13 Å². The SMILES string of the molecule is c1ccc(-c2ccc(-n3c4ccc(-c5ccc6c(c5)c5ccccc5n6-c5cccc6ccccc56)cc4c4cc5oc6ccccc6c5cc43)cc2)cc1. The van der Waals surface area contributed by atoms with E-state index in [4.69, 9.17) is 4.42 Å². The molecule has 0 aliphatic carbocycles. The standard InChI is InChI=1S/C52H32N2O/c1-2-11-33(12-3-1)34-21-25-38(26-22-34)53-48-27-23-37(30-43(48)44-32-52-45(31-50(44)53)41-17-7-9-20-51(41)55-52)36-24-28-49-42(29-36)40-16-6-8-18-47(40)54(49)46-19-10-14-35-13-4-5-15-39(35)46/h1-32H. The maximum Gasteiger partial charge on any atom is 0.136 e. The van der Waals surface area contributed by atoms with Gasteiger partial charge in [0, 0.05) is 43.4 Å². The third-order valence-electron chi connectivity index (χ3n) is 11.5. The van der Waals surface area contributed by atoms with Crippen molar-refractivity contribution in [3.05, 3.63) is 194 Å². The fraction of sp³-hybridized carbons (Fsp3) is 0. The Balaban J connectivity index is 1.07. The lowest BCUT2D eigenvalue weighted by Gasteiger charge is -2.12. The van der Waals surface area contributed by atoms with E-state index in [2.05, 4.69) is 197 Å². The number of rotatable bonds is 4. The van der Waals surface area contributed by atoms with Crippen molar-refractivity contribution in [1.29, 1.82) is 0 Å². The van der Waals surface area contributed by atoms with Gasteiger partial charge in [0.25, 0.3) is 0 Å². The van der Waals surface area contributed by atoms with Crippen molar-refractivity contribution in [2.75, 3.05) is 0 Å². The summed E-state index contributed by atoms with van der Waals surface area (Å²) < 4.78 is 11.3. The summed E-state index contributed by atoms with van der Waals surface area (Å²) in [5, 5.41) is 9.59. The van der Waals surface area contributed by atoms with Gasteiger partial charge >= 0.3 is 0 Å². The number of fused-ring (bicyclic) bond motifs is 10. The third kappa shape index (κ3) is 4.50. The summed E-state index contributed by atoms with van der Waals surface area (Å²) in [6, 6.07) is 70.3. The molecule has 55 heavy (non-hydrogen) atoms. The van der Waals surface area contributed by atoms with Crippen LogP contribution in [-0.4, -0.2) is 9.13 Å². The van der Waals surface area contributed by atoms with Crippen molar-refractivity contribution in [3.8, 4) is 33.6 Å². The Morgan fingerprint density at radius 3 is 1.69 bits per heavy atom. The lowest BCUT2D eigenvalue weighted by atomic mass is 10.0. The first-order chi connectivity index (χ1) is 27.3. The van der Waals surface area contributed by atoms with E-state index in [-0.39, 0.29) is 0 Å². The first kappa shape index (κ1) is 30.1. The second-order valence-electron chi connectivity index (χ2n) is 14.5. The molecule has 12 aromatic rings. The van der Waals surface area contributed by atoms with Gasteiger partial charge in [0.15, 0.2) is 0 Å². The quantitative estimate of drug-likeness (QED) is 0.179. The Bertz CT molecular complexity index is 3470. The van der Waals surface area contributed by atoms with Crippen molar-refractivity contribution in [2.24, 2.45) is 0 Å². The maximum absolute atomic E-state index is 6.45. The van der Waals surface area contributed by atoms with Crippen molar-refractivity contribution >= 4 is 76.3 Å². The molecule has 0 fully saturated rings. The lowest BCUT2D eigenvalue weighted by molar-refractivity contribution is 0.669. The maximum atomic E-state index is 6.45. The van der Waals surface area contributed by atoms with E-state index < -0.39 is 0 Å². The summed E-state index contributed by atoms with van der Waals surface area (Å²) in [6.07, 6.45) is 0. The van der Waals surface area contributed by atoms with Gasteiger partial charge in [-0.1, -0.05) is 127 Å². The molecule has 0 saturated carbocycles. The van der Waals surface area contributed by atoms with Gasteiger partial charge in [0.05, 0.1) is 27.8 Å². The number of hydrogen-bond acceptors (Lipinski definition) is 1. The zero-order valence-electron chi connectivity index (χ0n) is 29.8. The summed E-state index contributed by atoms with van der Waals surface area (Å²) >= 11 is 0. The second kappa shape index (κ2) is 11.6. The Labute approximate surface area is 316 Å². The van der Waals surface area contributed by atoms with Crippen molar-refractivity contribution < 1.29 is 4.42 Å². The normalized spacial score (nSPS) is 12.0. The summed E-state index contributed by atoms with van der Waals surface area (Å²) in [5.74, 6) is 0. The number of benzene rings is 9. The second-order valence-corrected chi connectivity index (χ2v) is 14.5. The van der Waals surface area contributed by atoms with Gasteiger partial charge in [-0.15, -0.1) is 0 Å². The molecule has 9 aromatic carbocycles. The number of furan rings is 1. The predicted octanol–water partition coefficient (Wildman–Crippen LogP) is 14.3. The highest BCUT2D eigenvalue weighted by atomic mass is 16.3. The monoisotopic (exact) mass is 700 g/mol. The van der Waals surface area contributed by atoms with Gasteiger partial charge < -0.3 is 13.6 Å². The van der Waals surface area contributed by atoms with Crippen LogP contribution in [0.25, 0.3) is 110 Å². The Morgan fingerprint density at radius 1 is 0.291 bits per heavy atom. The summed E-state index contributed by atoms with van der Waals surface area (Å²) in [4.78, 5) is 0. The minimum Gasteiger partial charge on any atom is -0.456 e. The molecule has 0 bridgehead atoms. The zero-order chi connectivity index (χ0) is 36.0. The van der Waals surface area contributed by atoms with Crippen LogP contribution in [0.3, 0.4) is 0 Å². The van der Waals surface area contributed by atoms with Gasteiger partial charge in [-0.25, -0.2) is 0 Å². The van der Waals surface area contributed by atoms with Gasteiger partial charge in [0.1, 0.15) is 11.2 Å². The Morgan fingerprint density at radius 2 is 0.873 bits per heavy atom. The summed E-state index contributed by atoms with van der Waals surface area (Å²) in [5.41, 5.74) is 13.6. The minimum absolute atomic E-state index is 0.903. The highest BCUT2D eigenvalue weighted by Gasteiger charge is 2.19. The van der Waals surface area contributed by atoms with E-state index in [1.165, 1.54) is 71.3 Å². The molecule has 3 nitrogen and oxygen atoms in total. The molecule has 12 rings (SSSR count). The van der Waals surface area contributed by atoms with E-state index in [1.54, 1.807) is 0 Å². The van der Waals surface area contributed by atoms with Crippen LogP contribution in [0.2, 0.25) is 0 Å². The number of para-hydroxylation sites is 2. The van der Waals surface area contributed by atoms with Crippen LogP contribution in [0, 0.1) is 0 Å². The number of hydrogen-bond donors (Lipinski definition) is 0. The smallest absolute Gasteiger partial charge is 0.136 e. The molecule has 0 N–H and O–H groups in total. The third-order valence-corrected chi connectivity index (χ3v) is 11.5. The van der Waals surface area contributed by atoms with Crippen LogP contribution in [0.5, 0.6) is 0 Å². The topological polar surface area (TPSA) is 23.0 Å². The molecule has 3 heteroatoms. The van der Waals surface area contributed by atoms with Gasteiger partial charge in [0.2, 0.25) is 0 Å². The van der Waals surface area contributed by atoms with Crippen LogP contribution in [0.15, 0.2) is 199 Å². The number of nitrogens with zero attached hydrogens (tertiary/aromatic N) is 2. The molecular weight excluding hydrogens is 669 g/mol. The van der Waals surface area contributed by atoms with Crippen LogP contribution in [-0.2, 0) is 0 Å². The van der Waals surface area contributed by atoms with Crippen molar-refractivity contribution in [3.63, 3.8) is 0 Å². The van der Waals surface area contributed by atoms with Crippen LogP contribution in [0.4, 0.5) is 0 Å². The fourth-order valence-electron chi connectivity index (χ4n) is 8.94. The fourth-order valence-corrected chi connectivity index (χ4v) is 8.94. The van der Waals surface area contributed by atoms with Gasteiger partial charge in [-0.05, 0) is 94.4 Å². The molecule has 0 unspecified atom stereocenters. The molecular formula is C52H32N2O. The molecule has 3 aromatic heterocycles. The Hall–Kier alpha value is -7.36. The predicted molar refractivity (Wildman–Crippen MR) is 231 cm³/mol. The Kier molecular flexibility index (Phi) is 6.34. The highest BCUT2D eigenvalue weighted by molar-refractivity contribution is 6.18. The average molecular weight is 701 g/mol. The first-order valence-electron chi connectivity index (χ1n) is 18.8. The minimum atomic E-state index is 0.903. The lowest BCUT2D eigenvalue weighted by Crippen LogP contribution is -1.95. The summed E-state index contributed by atoms with van der Waals surface area (Å²) in [7, 11) is 0. The summed E-state index contributed by atoms with van der Waals surface area (Å²) in [6.45, 7) is 0. The number of aromatic nitrogens is 2. The molecule has 0 aliphatic heterocycles. The van der Waals surface area contributed by atoms with E-state index in [1.807, 2.05) is 6.07 Å². The van der Waals surface area contributed by atoms with E-state index in [9.17, 15) is 0 Å². The molecule has 0 spiro atoms. The van der Waals surface area contributed by atoms with E-state index in [0.29, 0.717) is 0 Å². The largest absolute Gasteiger partial charge is 0.456 e. The molecule has 0 atom stereocenters. The molecule has 0 radical (unpaired) electrons. The van der Waals surface area contributed by atoms with Crippen molar-refractivity contribution in [2.45, 2.75) is 0 Å². The van der Waals surface area contributed by atoms with Gasteiger partial charge in [-0.2, -0.15) is 0 Å². The zero-order valence-corrected chi connectivity index (χ0v) is 29.8. The molecule has 0 amide bonds. The molecule has 256 valence electrons.